The van der Waals surface area contributed by atoms with Crippen molar-refractivity contribution in [1.82, 2.24) is 4.57 Å². The van der Waals surface area contributed by atoms with Crippen LogP contribution in [-0.2, 0) is 0 Å². The summed E-state index contributed by atoms with van der Waals surface area (Å²) in [6.45, 7) is 0. The lowest BCUT2D eigenvalue weighted by molar-refractivity contribution is 1.18. The van der Waals surface area contributed by atoms with Crippen LogP contribution in [-0.4, -0.2) is 12.6 Å². The average Bonchev–Trinajstić information content (AvgIpc) is 3.84. The molecule has 13 rings (SSSR count). The van der Waals surface area contributed by atoms with Crippen LogP contribution in [0.5, 0.6) is 0 Å². The van der Waals surface area contributed by atoms with Gasteiger partial charge in [0.2, 0.25) is 0 Å². The molecule has 0 fully saturated rings. The molecular formula is C58H38N2SSi. The molecule has 0 atom stereocenters. The van der Waals surface area contributed by atoms with Crippen molar-refractivity contribution >= 4 is 90.2 Å². The summed E-state index contributed by atoms with van der Waals surface area (Å²) < 4.78 is 2.40. The van der Waals surface area contributed by atoms with Crippen LogP contribution in [0.3, 0.4) is 0 Å². The second-order valence-corrected chi connectivity index (χ2v) is 21.1. The highest BCUT2D eigenvalue weighted by Gasteiger charge is 2.52. The maximum absolute atomic E-state index is 2.71. The summed E-state index contributed by atoms with van der Waals surface area (Å²) in [5.41, 5.74) is 12.2. The van der Waals surface area contributed by atoms with Crippen molar-refractivity contribution in [2.45, 2.75) is 9.79 Å². The molecule has 2 nitrogen and oxygen atoms in total. The Bertz CT molecular complexity index is 3520. The van der Waals surface area contributed by atoms with Crippen LogP contribution in [0.2, 0.25) is 0 Å². The summed E-state index contributed by atoms with van der Waals surface area (Å²) in [6.07, 6.45) is 0. The van der Waals surface area contributed by atoms with Crippen LogP contribution in [0.25, 0.3) is 60.5 Å². The van der Waals surface area contributed by atoms with E-state index in [1.165, 1.54) is 91.1 Å². The topological polar surface area (TPSA) is 8.17 Å². The molecule has 290 valence electrons. The number of aromatic nitrogens is 1. The highest BCUT2D eigenvalue weighted by Crippen LogP contribution is 2.44. The molecule has 2 aliphatic heterocycles. The number of fused-ring (bicyclic) bond motifs is 13. The number of hydrogen-bond acceptors (Lipinski definition) is 2. The Hall–Kier alpha value is -7.37. The van der Waals surface area contributed by atoms with Crippen LogP contribution in [0.1, 0.15) is 0 Å². The minimum Gasteiger partial charge on any atom is -0.310 e. The van der Waals surface area contributed by atoms with Crippen LogP contribution in [0.15, 0.2) is 240 Å². The molecule has 1 aromatic heterocycles. The second kappa shape index (κ2) is 13.8. The molecule has 0 amide bonds. The van der Waals surface area contributed by atoms with Gasteiger partial charge in [-0.2, -0.15) is 0 Å². The lowest BCUT2D eigenvalue weighted by atomic mass is 9.99. The van der Waals surface area contributed by atoms with Gasteiger partial charge in [-0.3, -0.25) is 0 Å². The van der Waals surface area contributed by atoms with E-state index in [-0.39, 0.29) is 0 Å². The number of anilines is 3. The molecule has 3 heterocycles. The third-order valence-corrected chi connectivity index (χ3v) is 19.7. The van der Waals surface area contributed by atoms with Gasteiger partial charge in [-0.05, 0) is 115 Å². The Labute approximate surface area is 366 Å². The van der Waals surface area contributed by atoms with Gasteiger partial charge in [-0.15, -0.1) is 0 Å². The average molecular weight is 823 g/mol. The Morgan fingerprint density at radius 1 is 0.387 bits per heavy atom. The predicted molar refractivity (Wildman–Crippen MR) is 265 cm³/mol. The monoisotopic (exact) mass is 822 g/mol. The smallest absolute Gasteiger partial charge is 0.183 e. The first-order valence-corrected chi connectivity index (χ1v) is 24.2. The first-order valence-electron chi connectivity index (χ1n) is 21.3. The molecule has 0 N–H and O–H groups in total. The summed E-state index contributed by atoms with van der Waals surface area (Å²) in [5, 5.41) is 10.9. The fraction of sp³-hybridized carbons (Fsp3) is 0. The number of benzene rings is 10. The van der Waals surface area contributed by atoms with E-state index in [1.807, 2.05) is 11.8 Å². The Kier molecular flexibility index (Phi) is 7.89. The molecule has 2 aliphatic rings. The largest absolute Gasteiger partial charge is 0.310 e. The second-order valence-electron chi connectivity index (χ2n) is 16.4. The van der Waals surface area contributed by atoms with Gasteiger partial charge in [0.15, 0.2) is 8.07 Å². The summed E-state index contributed by atoms with van der Waals surface area (Å²) in [7, 11) is -2.71. The first-order chi connectivity index (χ1) is 30.8. The van der Waals surface area contributed by atoms with E-state index in [0.717, 1.165) is 17.1 Å². The SMILES string of the molecule is c1ccc(-n2c3ccccc3c3c(-c4ccc(N(c5ccc6c(c5)[Si]5(c7ccccc7S6)c6ccccc6-c6ccccc65)c5cccc6ccccc56)cc4)cccc32)cc1. The van der Waals surface area contributed by atoms with Crippen molar-refractivity contribution in [2.24, 2.45) is 0 Å². The van der Waals surface area contributed by atoms with E-state index >= 15 is 0 Å². The summed E-state index contributed by atoms with van der Waals surface area (Å²) >= 11 is 1.92. The quantitative estimate of drug-likeness (QED) is 0.160. The van der Waals surface area contributed by atoms with Crippen LogP contribution in [0, 0.1) is 0 Å². The lowest BCUT2D eigenvalue weighted by Gasteiger charge is -2.38. The Morgan fingerprint density at radius 2 is 0.968 bits per heavy atom. The molecule has 1 spiro atoms. The van der Waals surface area contributed by atoms with Crippen LogP contribution < -0.4 is 25.6 Å². The van der Waals surface area contributed by atoms with Gasteiger partial charge in [-0.25, -0.2) is 0 Å². The van der Waals surface area contributed by atoms with Crippen molar-refractivity contribution in [3.8, 4) is 27.9 Å². The number of para-hydroxylation sites is 2. The fourth-order valence-corrected chi connectivity index (χ4v) is 18.1. The Morgan fingerprint density at radius 3 is 1.77 bits per heavy atom. The van der Waals surface area contributed by atoms with Crippen molar-refractivity contribution in [2.75, 3.05) is 4.90 Å². The number of nitrogens with zero attached hydrogens (tertiary/aromatic N) is 2. The van der Waals surface area contributed by atoms with E-state index < -0.39 is 8.07 Å². The summed E-state index contributed by atoms with van der Waals surface area (Å²) in [4.78, 5) is 5.21. The Balaban J connectivity index is 1.02. The van der Waals surface area contributed by atoms with E-state index in [9.17, 15) is 0 Å². The van der Waals surface area contributed by atoms with Crippen molar-refractivity contribution in [3.05, 3.63) is 231 Å². The highest BCUT2D eigenvalue weighted by molar-refractivity contribution is 8.00. The van der Waals surface area contributed by atoms with Gasteiger partial charge in [0.05, 0.1) is 16.7 Å². The molecule has 0 saturated heterocycles. The van der Waals surface area contributed by atoms with E-state index in [0.29, 0.717) is 0 Å². The van der Waals surface area contributed by atoms with Crippen LogP contribution >= 0.6 is 11.8 Å². The number of rotatable bonds is 5. The number of hydrogen-bond donors (Lipinski definition) is 0. The van der Waals surface area contributed by atoms with Gasteiger partial charge >= 0.3 is 0 Å². The van der Waals surface area contributed by atoms with E-state index in [4.69, 9.17) is 0 Å². The third kappa shape index (κ3) is 5.05. The third-order valence-electron chi connectivity index (χ3n) is 13.2. The zero-order valence-corrected chi connectivity index (χ0v) is 35.6. The predicted octanol–water partition coefficient (Wildman–Crippen LogP) is 12.9. The molecule has 11 aromatic rings. The zero-order chi connectivity index (χ0) is 40.8. The van der Waals surface area contributed by atoms with Gasteiger partial charge in [0, 0.05) is 43.0 Å². The van der Waals surface area contributed by atoms with Crippen molar-refractivity contribution in [1.29, 1.82) is 0 Å². The highest BCUT2D eigenvalue weighted by atomic mass is 32.2. The van der Waals surface area contributed by atoms with E-state index in [1.54, 1.807) is 0 Å². The fourth-order valence-electron chi connectivity index (χ4n) is 10.7. The molecule has 0 aliphatic carbocycles. The molecule has 0 saturated carbocycles. The normalized spacial score (nSPS) is 13.2. The molecule has 0 bridgehead atoms. The molecule has 0 radical (unpaired) electrons. The van der Waals surface area contributed by atoms with Crippen LogP contribution in [0.4, 0.5) is 17.1 Å². The minimum atomic E-state index is -2.71. The zero-order valence-electron chi connectivity index (χ0n) is 33.7. The minimum absolute atomic E-state index is 1.12. The maximum atomic E-state index is 2.55. The summed E-state index contributed by atoms with van der Waals surface area (Å²) in [5.74, 6) is 0. The molecule has 4 heteroatoms. The first kappa shape index (κ1) is 35.4. The maximum Gasteiger partial charge on any atom is 0.183 e. The summed E-state index contributed by atoms with van der Waals surface area (Å²) in [6, 6.07) is 86.0. The van der Waals surface area contributed by atoms with Gasteiger partial charge < -0.3 is 9.47 Å². The standard InChI is InChI=1S/C58H38N2SSi/c1-2-18-41(19-3-1)60-50-25-9-6-23-48(50)58-45(24-15-27-51(58)60)40-32-34-42(35-33-40)59(49-26-14-17-39-16-4-5-20-44(39)49)43-36-37-53-57(38-43)62(56-31-13-10-28-52(56)61-53)54-29-11-7-21-46(54)47-22-8-12-30-55(47)62/h1-38H. The van der Waals surface area contributed by atoms with Gasteiger partial charge in [0.1, 0.15) is 0 Å². The lowest BCUT2D eigenvalue weighted by Crippen LogP contribution is -2.74. The molecule has 10 aromatic carbocycles. The van der Waals surface area contributed by atoms with Crippen molar-refractivity contribution < 1.29 is 0 Å². The van der Waals surface area contributed by atoms with Gasteiger partial charge in [0.25, 0.3) is 0 Å². The molecule has 62 heavy (non-hydrogen) atoms. The van der Waals surface area contributed by atoms with E-state index in [2.05, 4.69) is 240 Å². The van der Waals surface area contributed by atoms with Gasteiger partial charge in [-0.1, -0.05) is 176 Å². The molecular weight excluding hydrogens is 785 g/mol. The van der Waals surface area contributed by atoms with Crippen molar-refractivity contribution in [3.63, 3.8) is 0 Å². The molecule has 0 unspecified atom stereocenters.